The number of carbonyl (C=O) groups excluding carboxylic acids is 3. The SMILES string of the molecule is COC(=O)CC1(C(=O)NCc2nc3cc(C(=O)N4CCC([N+](C)(C)C)CC4)c(OC)cc3s2)Cc2ccccc2C1. The zero-order chi connectivity index (χ0) is 29.4. The van der Waals surface area contributed by atoms with Crippen LogP contribution in [0.25, 0.3) is 10.2 Å². The molecule has 0 atom stereocenters. The Labute approximate surface area is 245 Å². The first kappa shape index (κ1) is 29.0. The lowest BCUT2D eigenvalue weighted by Gasteiger charge is -2.40. The van der Waals surface area contributed by atoms with Crippen molar-refractivity contribution in [1.82, 2.24) is 15.2 Å². The molecule has 1 aliphatic carbocycles. The van der Waals surface area contributed by atoms with Gasteiger partial charge < -0.3 is 24.2 Å². The number of aromatic nitrogens is 1. The number of piperidine rings is 1. The van der Waals surface area contributed by atoms with Crippen LogP contribution in [0.2, 0.25) is 0 Å². The summed E-state index contributed by atoms with van der Waals surface area (Å²) in [6.45, 7) is 1.65. The number of fused-ring (bicyclic) bond motifs is 2. The number of benzene rings is 2. The molecule has 218 valence electrons. The van der Waals surface area contributed by atoms with Crippen LogP contribution >= 0.6 is 11.3 Å². The smallest absolute Gasteiger partial charge is 0.306 e. The van der Waals surface area contributed by atoms with Gasteiger partial charge in [-0.05, 0) is 30.0 Å². The van der Waals surface area contributed by atoms with Crippen molar-refractivity contribution in [2.75, 3.05) is 48.5 Å². The number of carbonyl (C=O) groups is 3. The molecule has 1 fully saturated rings. The fourth-order valence-electron chi connectivity index (χ4n) is 6.18. The van der Waals surface area contributed by atoms with Crippen LogP contribution in [0, 0.1) is 5.41 Å². The van der Waals surface area contributed by atoms with Crippen molar-refractivity contribution in [2.24, 2.45) is 5.41 Å². The van der Waals surface area contributed by atoms with Gasteiger partial charge in [0.25, 0.3) is 5.91 Å². The predicted molar refractivity (Wildman–Crippen MR) is 158 cm³/mol. The molecule has 2 amide bonds. The number of methoxy groups -OCH3 is 2. The number of hydrogen-bond donors (Lipinski definition) is 1. The summed E-state index contributed by atoms with van der Waals surface area (Å²) in [4.78, 5) is 46.0. The lowest BCUT2D eigenvalue weighted by molar-refractivity contribution is -0.897. The molecule has 1 saturated heterocycles. The number of likely N-dealkylation sites (tertiary alicyclic amines) is 1. The number of quaternary nitrogens is 1. The molecule has 0 spiro atoms. The quantitative estimate of drug-likeness (QED) is 0.324. The van der Waals surface area contributed by atoms with E-state index in [0.717, 1.165) is 33.2 Å². The van der Waals surface area contributed by atoms with Crippen molar-refractivity contribution in [1.29, 1.82) is 0 Å². The van der Waals surface area contributed by atoms with E-state index in [2.05, 4.69) is 26.5 Å². The molecule has 0 unspecified atom stereocenters. The summed E-state index contributed by atoms with van der Waals surface area (Å²) in [6.07, 6.45) is 2.90. The van der Waals surface area contributed by atoms with Gasteiger partial charge in [0.15, 0.2) is 0 Å². The Kier molecular flexibility index (Phi) is 8.07. The molecule has 1 aliphatic heterocycles. The highest BCUT2D eigenvalue weighted by molar-refractivity contribution is 7.18. The van der Waals surface area contributed by atoms with Crippen molar-refractivity contribution in [2.45, 2.75) is 44.7 Å². The summed E-state index contributed by atoms with van der Waals surface area (Å²) in [7, 11) is 9.52. The summed E-state index contributed by atoms with van der Waals surface area (Å²) >= 11 is 1.45. The molecule has 41 heavy (non-hydrogen) atoms. The number of nitrogens with zero attached hydrogens (tertiary/aromatic N) is 3. The minimum atomic E-state index is -0.893. The van der Waals surface area contributed by atoms with Crippen LogP contribution in [0.3, 0.4) is 0 Å². The lowest BCUT2D eigenvalue weighted by Crippen LogP contribution is -2.52. The number of thiazole rings is 1. The minimum absolute atomic E-state index is 0.0124. The molecule has 1 N–H and O–H groups in total. The maximum Gasteiger partial charge on any atom is 0.306 e. The van der Waals surface area contributed by atoms with Gasteiger partial charge in [-0.2, -0.15) is 0 Å². The minimum Gasteiger partial charge on any atom is -0.496 e. The Morgan fingerprint density at radius 1 is 1.07 bits per heavy atom. The normalized spacial score (nSPS) is 16.9. The molecule has 10 heteroatoms. The number of esters is 1. The van der Waals surface area contributed by atoms with E-state index in [9.17, 15) is 14.4 Å². The van der Waals surface area contributed by atoms with E-state index in [1.165, 1.54) is 18.4 Å². The highest BCUT2D eigenvalue weighted by Gasteiger charge is 2.45. The summed E-state index contributed by atoms with van der Waals surface area (Å²) in [5, 5.41) is 3.75. The van der Waals surface area contributed by atoms with E-state index in [1.54, 1.807) is 13.2 Å². The van der Waals surface area contributed by atoms with Crippen LogP contribution in [-0.4, -0.2) is 86.6 Å². The molecule has 5 rings (SSSR count). The maximum absolute atomic E-state index is 13.6. The van der Waals surface area contributed by atoms with E-state index < -0.39 is 11.4 Å². The molecule has 0 saturated carbocycles. The Balaban J connectivity index is 1.31. The molecule has 0 bridgehead atoms. The van der Waals surface area contributed by atoms with Gasteiger partial charge in [-0.25, -0.2) is 4.98 Å². The molecule has 2 aromatic carbocycles. The zero-order valence-electron chi connectivity index (χ0n) is 24.5. The van der Waals surface area contributed by atoms with Gasteiger partial charge in [-0.15, -0.1) is 11.3 Å². The van der Waals surface area contributed by atoms with E-state index in [-0.39, 0.29) is 24.8 Å². The second-order valence-corrected chi connectivity index (χ2v) is 13.2. The molecular formula is C31H39N4O5S+. The number of nitrogens with one attached hydrogen (secondary N) is 1. The van der Waals surface area contributed by atoms with Crippen LogP contribution in [0.5, 0.6) is 5.75 Å². The number of ether oxygens (including phenoxy) is 2. The molecule has 3 aromatic rings. The van der Waals surface area contributed by atoms with Gasteiger partial charge in [-0.1, -0.05) is 24.3 Å². The third kappa shape index (κ3) is 5.94. The standard InChI is InChI=1S/C31H38N4O5S/c1-35(2,3)22-10-12-34(13-11-22)29(37)23-14-24-26(15-25(23)39-4)41-27(33-24)19-32-30(38)31(18-28(36)40-5)16-20-8-6-7-9-21(20)17-31/h6-9,14-15,22H,10-13,16-19H2,1-5H3/p+1. The van der Waals surface area contributed by atoms with Gasteiger partial charge >= 0.3 is 5.97 Å². The average Bonchev–Trinajstić information content (AvgIpc) is 3.55. The van der Waals surface area contributed by atoms with E-state index >= 15 is 0 Å². The number of hydrogen-bond acceptors (Lipinski definition) is 7. The summed E-state index contributed by atoms with van der Waals surface area (Å²) in [6, 6.07) is 12.1. The fourth-order valence-corrected chi connectivity index (χ4v) is 7.10. The Bertz CT molecular complexity index is 1440. The van der Waals surface area contributed by atoms with Crippen molar-refractivity contribution < 1.29 is 28.3 Å². The van der Waals surface area contributed by atoms with Crippen LogP contribution in [0.1, 0.15) is 45.8 Å². The Hall–Kier alpha value is -3.50. The lowest BCUT2D eigenvalue weighted by atomic mass is 9.80. The van der Waals surface area contributed by atoms with Crippen LogP contribution in [0.4, 0.5) is 0 Å². The van der Waals surface area contributed by atoms with Gasteiger partial charge in [0.05, 0.1) is 75.6 Å². The number of amides is 2. The molecule has 1 aromatic heterocycles. The second kappa shape index (κ2) is 11.4. The second-order valence-electron chi connectivity index (χ2n) is 12.1. The van der Waals surface area contributed by atoms with Crippen molar-refractivity contribution in [3.8, 4) is 5.75 Å². The third-order valence-corrected chi connectivity index (χ3v) is 9.62. The molecule has 9 nitrogen and oxygen atoms in total. The first-order valence-electron chi connectivity index (χ1n) is 14.0. The summed E-state index contributed by atoms with van der Waals surface area (Å²) in [5.74, 6) is -0.115. The molecule has 2 heterocycles. The Morgan fingerprint density at radius 3 is 2.32 bits per heavy atom. The first-order valence-corrected chi connectivity index (χ1v) is 14.8. The largest absolute Gasteiger partial charge is 0.496 e. The third-order valence-electron chi connectivity index (χ3n) is 8.60. The Morgan fingerprint density at radius 2 is 1.73 bits per heavy atom. The topological polar surface area (TPSA) is 97.8 Å². The molecular weight excluding hydrogens is 540 g/mol. The maximum atomic E-state index is 13.6. The van der Waals surface area contributed by atoms with Gasteiger partial charge in [0, 0.05) is 32.0 Å². The molecule has 0 radical (unpaired) electrons. The first-order chi connectivity index (χ1) is 19.5. The predicted octanol–water partition coefficient (Wildman–Crippen LogP) is 3.58. The van der Waals surface area contributed by atoms with Gasteiger partial charge in [0.1, 0.15) is 10.8 Å². The van der Waals surface area contributed by atoms with Gasteiger partial charge in [0.2, 0.25) is 5.91 Å². The summed E-state index contributed by atoms with van der Waals surface area (Å²) in [5.41, 5.74) is 2.47. The number of rotatable bonds is 8. The van der Waals surface area contributed by atoms with E-state index in [1.807, 2.05) is 35.2 Å². The van der Waals surface area contributed by atoms with Crippen LogP contribution in [0.15, 0.2) is 36.4 Å². The fraction of sp³-hybridized carbons (Fsp3) is 0.484. The molecule has 2 aliphatic rings. The average molecular weight is 580 g/mol. The van der Waals surface area contributed by atoms with Crippen LogP contribution in [-0.2, 0) is 33.7 Å². The zero-order valence-corrected chi connectivity index (χ0v) is 25.3. The monoisotopic (exact) mass is 579 g/mol. The van der Waals surface area contributed by atoms with E-state index in [4.69, 9.17) is 14.5 Å². The van der Waals surface area contributed by atoms with Gasteiger partial charge in [-0.3, -0.25) is 14.4 Å². The van der Waals surface area contributed by atoms with Crippen molar-refractivity contribution >= 4 is 39.3 Å². The highest BCUT2D eigenvalue weighted by Crippen LogP contribution is 2.40. The summed E-state index contributed by atoms with van der Waals surface area (Å²) < 4.78 is 12.3. The van der Waals surface area contributed by atoms with Crippen molar-refractivity contribution in [3.05, 3.63) is 58.1 Å². The van der Waals surface area contributed by atoms with Crippen molar-refractivity contribution in [3.63, 3.8) is 0 Å². The highest BCUT2D eigenvalue weighted by atomic mass is 32.1. The van der Waals surface area contributed by atoms with E-state index in [0.29, 0.717) is 53.8 Å². The van der Waals surface area contributed by atoms with Crippen LogP contribution < -0.4 is 10.1 Å².